The Morgan fingerprint density at radius 3 is 2.88 bits per heavy atom. The molecule has 1 aliphatic heterocycles. The van der Waals surface area contributed by atoms with Gasteiger partial charge in [0, 0.05) is 12.2 Å². The minimum atomic E-state index is 0.104. The number of aromatic nitrogens is 6. The fourth-order valence-corrected chi connectivity index (χ4v) is 3.62. The molecule has 1 aliphatic rings. The number of anilines is 1. The fourth-order valence-electron chi connectivity index (χ4n) is 3.62. The van der Waals surface area contributed by atoms with E-state index in [4.69, 9.17) is 15.2 Å². The zero-order valence-electron chi connectivity index (χ0n) is 17.2. The maximum atomic E-state index is 9.21. The molecule has 10 nitrogen and oxygen atoms in total. The van der Waals surface area contributed by atoms with Gasteiger partial charge in [-0.25, -0.2) is 9.67 Å². The van der Waals surface area contributed by atoms with Crippen molar-refractivity contribution in [2.45, 2.75) is 25.7 Å². The molecule has 32 heavy (non-hydrogen) atoms. The van der Waals surface area contributed by atoms with Crippen molar-refractivity contribution < 1.29 is 9.47 Å². The summed E-state index contributed by atoms with van der Waals surface area (Å²) in [5.74, 6) is 0.104. The van der Waals surface area contributed by atoms with Gasteiger partial charge in [0.1, 0.15) is 5.69 Å². The van der Waals surface area contributed by atoms with Crippen LogP contribution in [0.1, 0.15) is 23.4 Å². The first-order valence-corrected chi connectivity index (χ1v) is 10.2. The number of pyridine rings is 1. The van der Waals surface area contributed by atoms with E-state index in [9.17, 15) is 5.26 Å². The molecule has 0 amide bonds. The first-order valence-electron chi connectivity index (χ1n) is 10.2. The Labute approximate surface area is 183 Å². The number of fused-ring (bicyclic) bond motifs is 1. The van der Waals surface area contributed by atoms with Gasteiger partial charge < -0.3 is 15.2 Å². The lowest BCUT2D eigenvalue weighted by atomic mass is 10.1. The summed E-state index contributed by atoms with van der Waals surface area (Å²) in [6, 6.07) is 15.0. The van der Waals surface area contributed by atoms with Crippen LogP contribution < -0.4 is 5.73 Å². The summed E-state index contributed by atoms with van der Waals surface area (Å²) < 4.78 is 12.9. The third-order valence-electron chi connectivity index (χ3n) is 5.18. The van der Waals surface area contributed by atoms with Crippen molar-refractivity contribution in [1.29, 1.82) is 5.26 Å². The molecule has 0 unspecified atom stereocenters. The molecule has 0 aliphatic carbocycles. The van der Waals surface area contributed by atoms with Gasteiger partial charge in [0.05, 0.1) is 48.9 Å². The van der Waals surface area contributed by atoms with Gasteiger partial charge in [0.2, 0.25) is 5.95 Å². The van der Waals surface area contributed by atoms with Crippen molar-refractivity contribution in [1.82, 2.24) is 29.9 Å². The lowest BCUT2D eigenvalue weighted by Gasteiger charge is -2.10. The highest BCUT2D eigenvalue weighted by Crippen LogP contribution is 2.26. The Hall–Kier alpha value is -3.94. The van der Waals surface area contributed by atoms with E-state index in [-0.39, 0.29) is 12.1 Å². The van der Waals surface area contributed by atoms with E-state index in [0.717, 1.165) is 30.0 Å². The number of nitriles is 1. The van der Waals surface area contributed by atoms with Gasteiger partial charge in [-0.1, -0.05) is 23.4 Å². The molecule has 1 atom stereocenters. The molecule has 4 aromatic rings. The van der Waals surface area contributed by atoms with Crippen LogP contribution in [0.15, 0.2) is 42.5 Å². The van der Waals surface area contributed by atoms with E-state index < -0.39 is 0 Å². The summed E-state index contributed by atoms with van der Waals surface area (Å²) in [5, 5.41) is 17.7. The summed E-state index contributed by atoms with van der Waals surface area (Å²) in [6.07, 6.45) is 1.03. The summed E-state index contributed by atoms with van der Waals surface area (Å²) in [6.45, 7) is 2.16. The second-order valence-corrected chi connectivity index (χ2v) is 7.46. The minimum absolute atomic E-state index is 0.104. The van der Waals surface area contributed by atoms with Gasteiger partial charge in [-0.3, -0.25) is 4.98 Å². The van der Waals surface area contributed by atoms with E-state index in [0.29, 0.717) is 42.2 Å². The van der Waals surface area contributed by atoms with E-state index in [1.807, 2.05) is 24.3 Å². The average molecular weight is 428 g/mol. The average Bonchev–Trinajstić information content (AvgIpc) is 3.48. The highest BCUT2D eigenvalue weighted by atomic mass is 16.5. The molecule has 1 fully saturated rings. The second kappa shape index (κ2) is 8.66. The maximum absolute atomic E-state index is 9.21. The highest BCUT2D eigenvalue weighted by Gasteiger charge is 2.18. The van der Waals surface area contributed by atoms with Gasteiger partial charge in [-0.2, -0.15) is 10.2 Å². The zero-order valence-corrected chi connectivity index (χ0v) is 17.2. The molecule has 0 radical (unpaired) electrons. The van der Waals surface area contributed by atoms with Gasteiger partial charge >= 0.3 is 0 Å². The molecule has 1 saturated heterocycles. The van der Waals surface area contributed by atoms with Crippen LogP contribution in [0.5, 0.6) is 0 Å². The standard InChI is InChI=1S/C22H20N8O2/c23-10-14-3-1-4-15(9-14)19-20-21(27-22(24)26-19)30(29-28-20)11-16-5-2-6-17(25-16)12-32-18-7-8-31-13-18/h1-6,9,18H,7-8,11-13H2,(H2,24,26,27)/t18-/m0/s1. The quantitative estimate of drug-likeness (QED) is 0.489. The summed E-state index contributed by atoms with van der Waals surface area (Å²) >= 11 is 0. The van der Waals surface area contributed by atoms with Crippen LogP contribution >= 0.6 is 0 Å². The Morgan fingerprint density at radius 2 is 2.03 bits per heavy atom. The molecule has 0 saturated carbocycles. The Bertz CT molecular complexity index is 1310. The van der Waals surface area contributed by atoms with Crippen LogP contribution in [0.3, 0.4) is 0 Å². The normalized spacial score (nSPS) is 15.8. The van der Waals surface area contributed by atoms with Crippen molar-refractivity contribution in [2.24, 2.45) is 0 Å². The van der Waals surface area contributed by atoms with Crippen molar-refractivity contribution in [3.8, 4) is 17.3 Å². The lowest BCUT2D eigenvalue weighted by molar-refractivity contribution is 0.0301. The van der Waals surface area contributed by atoms with Gasteiger partial charge in [0.25, 0.3) is 0 Å². The largest absolute Gasteiger partial charge is 0.379 e. The number of ether oxygens (including phenoxy) is 2. The van der Waals surface area contributed by atoms with Gasteiger partial charge in [-0.05, 0) is 30.7 Å². The molecular formula is C22H20N8O2. The number of nitrogens with two attached hydrogens (primary N) is 1. The van der Waals surface area contributed by atoms with Crippen LogP contribution in [-0.2, 0) is 22.6 Å². The van der Waals surface area contributed by atoms with Crippen LogP contribution in [0, 0.1) is 11.3 Å². The highest BCUT2D eigenvalue weighted by molar-refractivity contribution is 5.88. The van der Waals surface area contributed by atoms with Crippen LogP contribution in [-0.4, -0.2) is 49.3 Å². The lowest BCUT2D eigenvalue weighted by Crippen LogP contribution is -2.13. The second-order valence-electron chi connectivity index (χ2n) is 7.46. The third-order valence-corrected chi connectivity index (χ3v) is 5.18. The number of hydrogen-bond donors (Lipinski definition) is 1. The van der Waals surface area contributed by atoms with Gasteiger partial charge in [-0.15, -0.1) is 5.10 Å². The van der Waals surface area contributed by atoms with Crippen molar-refractivity contribution in [3.63, 3.8) is 0 Å². The first-order chi connectivity index (χ1) is 15.7. The predicted molar refractivity (Wildman–Crippen MR) is 115 cm³/mol. The molecule has 4 heterocycles. The Morgan fingerprint density at radius 1 is 1.16 bits per heavy atom. The SMILES string of the molecule is N#Cc1cccc(-c2nc(N)nc3c2nnn3Cc2cccc(CO[C@H]3CCOC3)n2)c1. The van der Waals surface area contributed by atoms with Crippen LogP contribution in [0.2, 0.25) is 0 Å². The Kier molecular flexibility index (Phi) is 5.41. The number of nitrogens with zero attached hydrogens (tertiary/aromatic N) is 7. The molecule has 2 N–H and O–H groups in total. The van der Waals surface area contributed by atoms with E-state index in [2.05, 4.69) is 31.3 Å². The number of benzene rings is 1. The number of rotatable bonds is 6. The van der Waals surface area contributed by atoms with Crippen molar-refractivity contribution in [2.75, 3.05) is 18.9 Å². The van der Waals surface area contributed by atoms with Crippen LogP contribution in [0.4, 0.5) is 5.95 Å². The molecular weight excluding hydrogens is 408 g/mol. The summed E-state index contributed by atoms with van der Waals surface area (Å²) in [5.41, 5.74) is 10.4. The summed E-state index contributed by atoms with van der Waals surface area (Å²) in [4.78, 5) is 13.4. The minimum Gasteiger partial charge on any atom is -0.379 e. The molecule has 160 valence electrons. The van der Waals surface area contributed by atoms with Crippen molar-refractivity contribution >= 4 is 17.1 Å². The first kappa shape index (κ1) is 20.0. The molecule has 0 spiro atoms. The molecule has 3 aromatic heterocycles. The smallest absolute Gasteiger partial charge is 0.222 e. The van der Waals surface area contributed by atoms with E-state index in [1.54, 1.807) is 22.9 Å². The maximum Gasteiger partial charge on any atom is 0.222 e. The van der Waals surface area contributed by atoms with E-state index in [1.165, 1.54) is 0 Å². The Balaban J connectivity index is 1.42. The number of hydrogen-bond acceptors (Lipinski definition) is 9. The predicted octanol–water partition coefficient (Wildman–Crippen LogP) is 2.09. The fraction of sp³-hybridized carbons (Fsp3) is 0.273. The zero-order chi connectivity index (χ0) is 21.9. The van der Waals surface area contributed by atoms with Crippen molar-refractivity contribution in [3.05, 3.63) is 59.4 Å². The monoisotopic (exact) mass is 428 g/mol. The summed E-state index contributed by atoms with van der Waals surface area (Å²) in [7, 11) is 0. The molecule has 0 bridgehead atoms. The van der Waals surface area contributed by atoms with Crippen LogP contribution in [0.25, 0.3) is 22.4 Å². The topological polar surface area (TPSA) is 138 Å². The van der Waals surface area contributed by atoms with E-state index >= 15 is 0 Å². The molecule has 1 aromatic carbocycles. The number of nitrogen functional groups attached to an aromatic ring is 1. The molecule has 5 rings (SSSR count). The third kappa shape index (κ3) is 4.12. The van der Waals surface area contributed by atoms with Gasteiger partial charge in [0.15, 0.2) is 11.2 Å². The molecule has 10 heteroatoms.